The summed E-state index contributed by atoms with van der Waals surface area (Å²) in [6.45, 7) is 2.08. The number of halogens is 1. The lowest BCUT2D eigenvalue weighted by molar-refractivity contribution is 1.27. The average Bonchev–Trinajstić information content (AvgIpc) is 2.03. The summed E-state index contributed by atoms with van der Waals surface area (Å²) in [6.07, 6.45) is 7.80. The highest BCUT2D eigenvalue weighted by Gasteiger charge is 1.89. The van der Waals surface area contributed by atoms with Crippen LogP contribution >= 0.6 is 15.9 Å². The van der Waals surface area contributed by atoms with Gasteiger partial charge < -0.3 is 0 Å². The smallest absolute Gasteiger partial charge is 0.0342 e. The van der Waals surface area contributed by atoms with E-state index >= 15 is 0 Å². The standard InChI is InChI=1S/C9H10BrN/c1-8-4-6-11-7-9(8)3-2-5-10/h2-4,6-7H,5H2,1H3/b3-2+. The molecule has 0 fully saturated rings. The quantitative estimate of drug-likeness (QED) is 0.687. The minimum absolute atomic E-state index is 0.890. The second-order valence-corrected chi connectivity index (χ2v) is 2.94. The predicted octanol–water partition coefficient (Wildman–Crippen LogP) is 2.80. The van der Waals surface area contributed by atoms with Crippen molar-refractivity contribution in [1.82, 2.24) is 4.98 Å². The number of alkyl halides is 1. The highest BCUT2D eigenvalue weighted by Crippen LogP contribution is 2.06. The van der Waals surface area contributed by atoms with E-state index in [1.807, 2.05) is 12.3 Å². The van der Waals surface area contributed by atoms with Gasteiger partial charge in [-0.25, -0.2) is 0 Å². The number of aromatic nitrogens is 1. The normalized spacial score (nSPS) is 10.7. The van der Waals surface area contributed by atoms with Crippen molar-refractivity contribution in [3.8, 4) is 0 Å². The summed E-state index contributed by atoms with van der Waals surface area (Å²) >= 11 is 3.32. The number of rotatable bonds is 2. The molecule has 0 saturated heterocycles. The van der Waals surface area contributed by atoms with Gasteiger partial charge in [0, 0.05) is 17.7 Å². The second kappa shape index (κ2) is 4.29. The molecule has 0 spiro atoms. The fraction of sp³-hybridized carbons (Fsp3) is 0.222. The fourth-order valence-electron chi connectivity index (χ4n) is 0.822. The van der Waals surface area contributed by atoms with Crippen LogP contribution in [0.25, 0.3) is 6.08 Å². The summed E-state index contributed by atoms with van der Waals surface area (Å²) < 4.78 is 0. The highest BCUT2D eigenvalue weighted by atomic mass is 79.9. The van der Waals surface area contributed by atoms with Crippen molar-refractivity contribution in [2.75, 3.05) is 5.33 Å². The SMILES string of the molecule is Cc1ccncc1/C=C/CBr. The Bertz CT molecular complexity index is 255. The van der Waals surface area contributed by atoms with Crippen molar-refractivity contribution >= 4 is 22.0 Å². The third kappa shape index (κ3) is 2.46. The molecular formula is C9H10BrN. The first-order valence-corrected chi connectivity index (χ1v) is 4.60. The monoisotopic (exact) mass is 211 g/mol. The van der Waals surface area contributed by atoms with E-state index in [1.54, 1.807) is 6.20 Å². The molecule has 2 heteroatoms. The molecule has 0 unspecified atom stereocenters. The summed E-state index contributed by atoms with van der Waals surface area (Å²) in [5.41, 5.74) is 2.45. The number of aryl methyl sites for hydroxylation is 1. The molecule has 0 bridgehead atoms. The number of hydrogen-bond donors (Lipinski definition) is 0. The lowest BCUT2D eigenvalue weighted by atomic mass is 10.1. The molecular weight excluding hydrogens is 202 g/mol. The van der Waals surface area contributed by atoms with Gasteiger partial charge in [0.15, 0.2) is 0 Å². The van der Waals surface area contributed by atoms with Crippen LogP contribution in [0, 0.1) is 6.92 Å². The van der Waals surface area contributed by atoms with Crippen molar-refractivity contribution in [3.63, 3.8) is 0 Å². The first-order valence-electron chi connectivity index (χ1n) is 3.47. The van der Waals surface area contributed by atoms with Gasteiger partial charge in [0.25, 0.3) is 0 Å². The largest absolute Gasteiger partial charge is 0.264 e. The molecule has 0 amide bonds. The third-order valence-corrected chi connectivity index (χ3v) is 1.84. The van der Waals surface area contributed by atoms with Crippen molar-refractivity contribution in [2.45, 2.75) is 6.92 Å². The van der Waals surface area contributed by atoms with Crippen LogP contribution in [0.3, 0.4) is 0 Å². The topological polar surface area (TPSA) is 12.9 Å². The van der Waals surface area contributed by atoms with E-state index in [9.17, 15) is 0 Å². The lowest BCUT2D eigenvalue weighted by Gasteiger charge is -1.95. The van der Waals surface area contributed by atoms with Crippen LogP contribution < -0.4 is 0 Å². The molecule has 0 atom stereocenters. The van der Waals surface area contributed by atoms with Gasteiger partial charge in [-0.2, -0.15) is 0 Å². The highest BCUT2D eigenvalue weighted by molar-refractivity contribution is 9.09. The van der Waals surface area contributed by atoms with E-state index in [0.717, 1.165) is 5.33 Å². The zero-order valence-corrected chi connectivity index (χ0v) is 8.01. The average molecular weight is 212 g/mol. The summed E-state index contributed by atoms with van der Waals surface area (Å²) in [5, 5.41) is 0.890. The van der Waals surface area contributed by atoms with Gasteiger partial charge in [-0.3, -0.25) is 4.98 Å². The molecule has 0 aliphatic heterocycles. The number of hydrogen-bond acceptors (Lipinski definition) is 1. The summed E-state index contributed by atoms with van der Waals surface area (Å²) in [7, 11) is 0. The minimum Gasteiger partial charge on any atom is -0.264 e. The van der Waals surface area contributed by atoms with Gasteiger partial charge in [0.05, 0.1) is 0 Å². The molecule has 58 valence electrons. The summed E-state index contributed by atoms with van der Waals surface area (Å²) in [4.78, 5) is 4.03. The van der Waals surface area contributed by atoms with Gasteiger partial charge >= 0.3 is 0 Å². The van der Waals surface area contributed by atoms with Crippen molar-refractivity contribution in [1.29, 1.82) is 0 Å². The first kappa shape index (κ1) is 8.47. The predicted molar refractivity (Wildman–Crippen MR) is 51.8 cm³/mol. The molecule has 0 aliphatic rings. The molecule has 1 heterocycles. The summed E-state index contributed by atoms with van der Waals surface area (Å²) in [6, 6.07) is 2.01. The number of allylic oxidation sites excluding steroid dienone is 1. The van der Waals surface area contributed by atoms with E-state index in [0.29, 0.717) is 0 Å². The van der Waals surface area contributed by atoms with E-state index in [2.05, 4.69) is 40.0 Å². The van der Waals surface area contributed by atoms with Gasteiger partial charge in [0.2, 0.25) is 0 Å². The maximum atomic E-state index is 4.03. The molecule has 0 N–H and O–H groups in total. The third-order valence-electron chi connectivity index (χ3n) is 1.47. The van der Waals surface area contributed by atoms with Gasteiger partial charge in [-0.15, -0.1) is 0 Å². The number of pyridine rings is 1. The Morgan fingerprint density at radius 2 is 2.45 bits per heavy atom. The lowest BCUT2D eigenvalue weighted by Crippen LogP contribution is -1.80. The molecule has 1 aromatic rings. The maximum Gasteiger partial charge on any atom is 0.0342 e. The van der Waals surface area contributed by atoms with E-state index < -0.39 is 0 Å². The van der Waals surface area contributed by atoms with Crippen LogP contribution in [0.1, 0.15) is 11.1 Å². The molecule has 1 aromatic heterocycles. The van der Waals surface area contributed by atoms with Crippen molar-refractivity contribution in [2.24, 2.45) is 0 Å². The Balaban J connectivity index is 2.86. The molecule has 0 radical (unpaired) electrons. The second-order valence-electron chi connectivity index (χ2n) is 2.29. The zero-order valence-electron chi connectivity index (χ0n) is 6.42. The van der Waals surface area contributed by atoms with Crippen LogP contribution in [0.2, 0.25) is 0 Å². The molecule has 0 saturated carbocycles. The molecule has 0 aliphatic carbocycles. The Morgan fingerprint density at radius 3 is 3.09 bits per heavy atom. The van der Waals surface area contributed by atoms with Crippen LogP contribution in [0.4, 0.5) is 0 Å². The number of nitrogens with zero attached hydrogens (tertiary/aromatic N) is 1. The molecule has 0 aromatic carbocycles. The van der Waals surface area contributed by atoms with E-state index in [-0.39, 0.29) is 0 Å². The van der Waals surface area contributed by atoms with Crippen molar-refractivity contribution < 1.29 is 0 Å². The minimum atomic E-state index is 0.890. The first-order chi connectivity index (χ1) is 5.34. The van der Waals surface area contributed by atoms with Crippen LogP contribution in [0.15, 0.2) is 24.5 Å². The fourth-order valence-corrected chi connectivity index (χ4v) is 1.01. The summed E-state index contributed by atoms with van der Waals surface area (Å²) in [5.74, 6) is 0. The van der Waals surface area contributed by atoms with Crippen LogP contribution in [-0.2, 0) is 0 Å². The van der Waals surface area contributed by atoms with Gasteiger partial charge in [-0.1, -0.05) is 28.1 Å². The Morgan fingerprint density at radius 1 is 1.64 bits per heavy atom. The Hall–Kier alpha value is -0.630. The Kier molecular flexibility index (Phi) is 3.30. The van der Waals surface area contributed by atoms with E-state index in [1.165, 1.54) is 11.1 Å². The van der Waals surface area contributed by atoms with Gasteiger partial charge in [-0.05, 0) is 24.1 Å². The van der Waals surface area contributed by atoms with Crippen molar-refractivity contribution in [3.05, 3.63) is 35.7 Å². The Labute approximate surface area is 75.3 Å². The maximum absolute atomic E-state index is 4.03. The zero-order chi connectivity index (χ0) is 8.10. The van der Waals surface area contributed by atoms with Crippen LogP contribution in [-0.4, -0.2) is 10.3 Å². The molecule has 1 nitrogen and oxygen atoms in total. The van der Waals surface area contributed by atoms with Crippen LogP contribution in [0.5, 0.6) is 0 Å². The molecule has 11 heavy (non-hydrogen) atoms. The van der Waals surface area contributed by atoms with E-state index in [4.69, 9.17) is 0 Å². The molecule has 1 rings (SSSR count). The van der Waals surface area contributed by atoms with Gasteiger partial charge in [0.1, 0.15) is 0 Å².